The average Bonchev–Trinajstić information content (AvgIpc) is 3.26. The van der Waals surface area contributed by atoms with Crippen LogP contribution in [0.25, 0.3) is 21.8 Å². The van der Waals surface area contributed by atoms with E-state index < -0.39 is 0 Å². The van der Waals surface area contributed by atoms with Gasteiger partial charge in [0, 0.05) is 30.6 Å². The Morgan fingerprint density at radius 3 is 2.88 bits per heavy atom. The van der Waals surface area contributed by atoms with Gasteiger partial charge in [-0.05, 0) is 30.7 Å². The van der Waals surface area contributed by atoms with E-state index in [1.165, 1.54) is 0 Å². The number of aromatic nitrogens is 4. The molecule has 3 rings (SSSR count). The van der Waals surface area contributed by atoms with E-state index >= 15 is 0 Å². The van der Waals surface area contributed by atoms with Gasteiger partial charge in [0.25, 0.3) is 5.91 Å². The van der Waals surface area contributed by atoms with Gasteiger partial charge in [-0.1, -0.05) is 12.8 Å². The third kappa shape index (κ3) is 4.02. The van der Waals surface area contributed by atoms with Gasteiger partial charge in [-0.3, -0.25) is 9.48 Å². The molecule has 0 bridgehead atoms. The largest absolute Gasteiger partial charge is 0.383 e. The lowest BCUT2D eigenvalue weighted by Crippen LogP contribution is -2.25. The Hall–Kier alpha value is -2.06. The van der Waals surface area contributed by atoms with Gasteiger partial charge in [-0.15, -0.1) is 10.2 Å². The van der Waals surface area contributed by atoms with Crippen LogP contribution in [0.3, 0.4) is 0 Å². The second kappa shape index (κ2) is 9.05. The fourth-order valence-electron chi connectivity index (χ4n) is 3.05. The molecule has 26 heavy (non-hydrogen) atoms. The van der Waals surface area contributed by atoms with Crippen LogP contribution in [0.1, 0.15) is 36.2 Å². The van der Waals surface area contributed by atoms with E-state index in [1.807, 2.05) is 23.0 Å². The fourth-order valence-corrected chi connectivity index (χ4v) is 3.27. The molecule has 2 N–H and O–H groups in total. The van der Waals surface area contributed by atoms with Crippen LogP contribution >= 0.6 is 12.6 Å². The summed E-state index contributed by atoms with van der Waals surface area (Å²) in [7, 11) is 1.68. The molecule has 0 aliphatic heterocycles. The first-order chi connectivity index (χ1) is 12.8. The summed E-state index contributed by atoms with van der Waals surface area (Å²) >= 11 is 4.20. The highest BCUT2D eigenvalue weighted by Crippen LogP contribution is 2.25. The van der Waals surface area contributed by atoms with Gasteiger partial charge >= 0.3 is 0 Å². The Kier molecular flexibility index (Phi) is 6.51. The molecular formula is C18H25N5O2S. The Labute approximate surface area is 157 Å². The summed E-state index contributed by atoms with van der Waals surface area (Å²) in [5, 5.41) is 16.3. The number of aromatic amines is 1. The number of benzene rings is 1. The van der Waals surface area contributed by atoms with Gasteiger partial charge in [0.2, 0.25) is 0 Å². The molecule has 0 atom stereocenters. The van der Waals surface area contributed by atoms with Gasteiger partial charge < -0.3 is 15.2 Å². The third-order valence-electron chi connectivity index (χ3n) is 4.46. The number of ether oxygens (including phenoxy) is 1. The normalized spacial score (nSPS) is 11.5. The van der Waals surface area contributed by atoms with Crippen LogP contribution < -0.4 is 5.32 Å². The molecule has 0 fully saturated rings. The van der Waals surface area contributed by atoms with Crippen molar-refractivity contribution in [3.63, 3.8) is 0 Å². The molecule has 0 aliphatic rings. The monoisotopic (exact) mass is 375 g/mol. The van der Waals surface area contributed by atoms with Crippen molar-refractivity contribution in [2.45, 2.75) is 32.2 Å². The molecule has 0 saturated heterocycles. The van der Waals surface area contributed by atoms with E-state index in [9.17, 15) is 4.79 Å². The molecule has 2 aromatic heterocycles. The van der Waals surface area contributed by atoms with Crippen molar-refractivity contribution in [1.82, 2.24) is 25.3 Å². The second-order valence-corrected chi connectivity index (χ2v) is 6.70. The maximum atomic E-state index is 12.4. The lowest BCUT2D eigenvalue weighted by atomic mass is 10.1. The predicted octanol–water partition coefficient (Wildman–Crippen LogP) is 2.78. The number of carbonyl (C=O) groups excluding carboxylic acids is 1. The Morgan fingerprint density at radius 1 is 1.23 bits per heavy atom. The van der Waals surface area contributed by atoms with Crippen molar-refractivity contribution in [2.24, 2.45) is 0 Å². The zero-order valence-electron chi connectivity index (χ0n) is 15.0. The lowest BCUT2D eigenvalue weighted by molar-refractivity contribution is 0.0949. The van der Waals surface area contributed by atoms with E-state index in [-0.39, 0.29) is 5.91 Å². The molecule has 0 unspecified atom stereocenters. The fraction of sp³-hybridized carbons (Fsp3) is 0.500. The number of thiol groups is 1. The third-order valence-corrected chi connectivity index (χ3v) is 4.78. The molecule has 0 spiro atoms. The highest BCUT2D eigenvalue weighted by Gasteiger charge is 2.17. The average molecular weight is 375 g/mol. The number of hydrogen-bond acceptors (Lipinski definition) is 5. The summed E-state index contributed by atoms with van der Waals surface area (Å²) in [6.07, 6.45) is 6.22. The zero-order chi connectivity index (χ0) is 18.4. The van der Waals surface area contributed by atoms with Gasteiger partial charge in [0.05, 0.1) is 18.7 Å². The number of nitrogens with one attached hydrogen (secondary N) is 2. The number of amides is 1. The van der Waals surface area contributed by atoms with Gasteiger partial charge in [-0.25, -0.2) is 0 Å². The summed E-state index contributed by atoms with van der Waals surface area (Å²) in [6.45, 7) is 2.00. The topological polar surface area (TPSA) is 84.8 Å². The molecule has 3 aromatic rings. The number of carbonyl (C=O) groups is 1. The molecule has 0 radical (unpaired) electrons. The SMILES string of the molecule is COCCn1[nH]cc2c3nnc(C(=O)NCCCCCCS)c3ccc21. The molecule has 0 aliphatic carbocycles. The molecule has 7 nitrogen and oxygen atoms in total. The Balaban J connectivity index is 1.71. The molecule has 1 amide bonds. The van der Waals surface area contributed by atoms with Crippen LogP contribution in [0.15, 0.2) is 18.3 Å². The Bertz CT molecular complexity index is 873. The second-order valence-electron chi connectivity index (χ2n) is 6.25. The predicted molar refractivity (Wildman–Crippen MR) is 106 cm³/mol. The van der Waals surface area contributed by atoms with Crippen molar-refractivity contribution >= 4 is 40.3 Å². The summed E-state index contributed by atoms with van der Waals surface area (Å²) in [5.74, 6) is 0.754. The molecule has 140 valence electrons. The minimum Gasteiger partial charge on any atom is -0.383 e. The van der Waals surface area contributed by atoms with Crippen molar-refractivity contribution in [3.8, 4) is 0 Å². The highest BCUT2D eigenvalue weighted by atomic mass is 32.1. The minimum absolute atomic E-state index is 0.163. The number of H-pyrrole nitrogens is 1. The van der Waals surface area contributed by atoms with E-state index in [1.54, 1.807) is 7.11 Å². The van der Waals surface area contributed by atoms with E-state index in [2.05, 4.69) is 33.2 Å². The van der Waals surface area contributed by atoms with Gasteiger partial charge in [0.15, 0.2) is 5.69 Å². The Morgan fingerprint density at radius 2 is 2.08 bits per heavy atom. The van der Waals surface area contributed by atoms with E-state index in [4.69, 9.17) is 4.74 Å². The molecule has 8 heteroatoms. The van der Waals surface area contributed by atoms with E-state index in [0.29, 0.717) is 18.8 Å². The van der Waals surface area contributed by atoms with Crippen LogP contribution in [0.5, 0.6) is 0 Å². The van der Waals surface area contributed by atoms with Crippen LogP contribution in [0, 0.1) is 0 Å². The number of nitrogens with zero attached hydrogens (tertiary/aromatic N) is 3. The number of methoxy groups -OCH3 is 1. The summed E-state index contributed by atoms with van der Waals surface area (Å²) in [5.41, 5.74) is 2.15. The first-order valence-corrected chi connectivity index (χ1v) is 9.60. The maximum Gasteiger partial charge on any atom is 0.272 e. The number of fused-ring (bicyclic) bond motifs is 3. The molecule has 1 aromatic carbocycles. The smallest absolute Gasteiger partial charge is 0.272 e. The van der Waals surface area contributed by atoms with Gasteiger partial charge in [-0.2, -0.15) is 12.6 Å². The number of unbranched alkanes of at least 4 members (excludes halogenated alkanes) is 3. The zero-order valence-corrected chi connectivity index (χ0v) is 15.9. The maximum absolute atomic E-state index is 12.4. The van der Waals surface area contributed by atoms with Crippen LogP contribution in [0.4, 0.5) is 0 Å². The molecular weight excluding hydrogens is 350 g/mol. The standard InChI is InChI=1S/C18H25N5O2S/c1-25-10-9-23-15-7-6-13-16(14(15)12-20-23)21-22-17(13)18(24)19-8-4-2-3-5-11-26/h6-7,12,20,26H,2-5,8-11H2,1H3,(H,19,24). The van der Waals surface area contributed by atoms with Crippen LogP contribution in [-0.2, 0) is 11.3 Å². The van der Waals surface area contributed by atoms with Crippen LogP contribution in [-0.4, -0.2) is 51.9 Å². The van der Waals surface area contributed by atoms with Crippen molar-refractivity contribution in [1.29, 1.82) is 0 Å². The van der Waals surface area contributed by atoms with Crippen molar-refractivity contribution in [3.05, 3.63) is 24.0 Å². The summed E-state index contributed by atoms with van der Waals surface area (Å²) in [6, 6.07) is 3.90. The molecule has 2 heterocycles. The highest BCUT2D eigenvalue weighted by molar-refractivity contribution is 7.80. The van der Waals surface area contributed by atoms with E-state index in [0.717, 1.165) is 59.8 Å². The quantitative estimate of drug-likeness (QED) is 0.376. The van der Waals surface area contributed by atoms with Crippen molar-refractivity contribution < 1.29 is 9.53 Å². The first kappa shape index (κ1) is 18.7. The lowest BCUT2D eigenvalue weighted by Gasteiger charge is -2.04. The summed E-state index contributed by atoms with van der Waals surface area (Å²) < 4.78 is 7.13. The summed E-state index contributed by atoms with van der Waals surface area (Å²) in [4.78, 5) is 12.4. The number of rotatable bonds is 10. The molecule has 0 saturated carbocycles. The van der Waals surface area contributed by atoms with Crippen LogP contribution in [0.2, 0.25) is 0 Å². The first-order valence-electron chi connectivity index (χ1n) is 8.97. The van der Waals surface area contributed by atoms with Gasteiger partial charge in [0.1, 0.15) is 5.52 Å². The number of hydrogen-bond donors (Lipinski definition) is 3. The minimum atomic E-state index is -0.163. The van der Waals surface area contributed by atoms with Crippen molar-refractivity contribution in [2.75, 3.05) is 26.0 Å².